The van der Waals surface area contributed by atoms with Crippen molar-refractivity contribution in [2.45, 2.75) is 44.6 Å². The third-order valence-electron chi connectivity index (χ3n) is 4.03. The number of hydrogen-bond acceptors (Lipinski definition) is 3. The molecule has 6 heteroatoms. The molecule has 1 aliphatic rings. The second kappa shape index (κ2) is 8.50. The molecule has 1 aromatic rings. The molecule has 0 atom stereocenters. The zero-order chi connectivity index (χ0) is 16.7. The molecule has 1 fully saturated rings. The molecule has 1 aliphatic carbocycles. The van der Waals surface area contributed by atoms with E-state index in [9.17, 15) is 14.0 Å². The molecule has 2 N–H and O–H groups in total. The minimum absolute atomic E-state index is 0.0116. The summed E-state index contributed by atoms with van der Waals surface area (Å²) in [5.74, 6) is -0.277. The highest BCUT2D eigenvalue weighted by Gasteiger charge is 2.27. The lowest BCUT2D eigenvalue weighted by Gasteiger charge is -2.27. The predicted molar refractivity (Wildman–Crippen MR) is 84.3 cm³/mol. The molecule has 1 saturated carbocycles. The molecule has 0 unspecified atom stereocenters. The van der Waals surface area contributed by atoms with E-state index >= 15 is 0 Å². The largest absolute Gasteiger partial charge is 0.494 e. The summed E-state index contributed by atoms with van der Waals surface area (Å²) < 4.78 is 18.2. The highest BCUT2D eigenvalue weighted by atomic mass is 19.1. The van der Waals surface area contributed by atoms with Crippen molar-refractivity contribution in [1.82, 2.24) is 4.90 Å². The van der Waals surface area contributed by atoms with Crippen LogP contribution in [0.2, 0.25) is 0 Å². The number of primary amides is 1. The molecule has 0 aromatic heterocycles. The smallest absolute Gasteiger partial charge is 0.237 e. The summed E-state index contributed by atoms with van der Waals surface area (Å²) in [5, 5.41) is 0. The number of rotatable bonds is 8. The summed E-state index contributed by atoms with van der Waals surface area (Å²) in [4.78, 5) is 25.1. The summed E-state index contributed by atoms with van der Waals surface area (Å²) in [6.45, 7) is 0.356. The van der Waals surface area contributed by atoms with Gasteiger partial charge in [0.2, 0.25) is 11.8 Å². The van der Waals surface area contributed by atoms with Crippen molar-refractivity contribution in [1.29, 1.82) is 0 Å². The molecule has 5 nitrogen and oxygen atoms in total. The van der Waals surface area contributed by atoms with Crippen LogP contribution in [0, 0.1) is 5.82 Å². The predicted octanol–water partition coefficient (Wildman–Crippen LogP) is 2.24. The number of carbonyl (C=O) groups is 2. The molecule has 0 bridgehead atoms. The number of nitrogens with zero attached hydrogens (tertiary/aromatic N) is 1. The Kier molecular flexibility index (Phi) is 6.38. The van der Waals surface area contributed by atoms with Crippen LogP contribution in [0.15, 0.2) is 24.3 Å². The van der Waals surface area contributed by atoms with Gasteiger partial charge in [-0.2, -0.15) is 0 Å². The first-order valence-corrected chi connectivity index (χ1v) is 8.02. The van der Waals surface area contributed by atoms with E-state index in [2.05, 4.69) is 0 Å². The van der Waals surface area contributed by atoms with Crippen LogP contribution in [-0.2, 0) is 9.59 Å². The molecular weight excluding hydrogens is 299 g/mol. The van der Waals surface area contributed by atoms with E-state index in [0.717, 1.165) is 25.7 Å². The maximum Gasteiger partial charge on any atom is 0.237 e. The van der Waals surface area contributed by atoms with Crippen LogP contribution in [0.5, 0.6) is 5.75 Å². The van der Waals surface area contributed by atoms with Gasteiger partial charge in [0.15, 0.2) is 0 Å². The first-order valence-electron chi connectivity index (χ1n) is 8.02. The van der Waals surface area contributed by atoms with Gasteiger partial charge < -0.3 is 15.4 Å². The highest BCUT2D eigenvalue weighted by molar-refractivity contribution is 5.84. The molecular formula is C17H23FN2O3. The minimum atomic E-state index is -0.479. The van der Waals surface area contributed by atoms with Crippen LogP contribution in [0.3, 0.4) is 0 Å². The average Bonchev–Trinajstić information content (AvgIpc) is 3.04. The number of halogens is 1. The lowest BCUT2D eigenvalue weighted by molar-refractivity contribution is -0.137. The Morgan fingerprint density at radius 2 is 1.87 bits per heavy atom. The molecule has 0 spiro atoms. The van der Waals surface area contributed by atoms with E-state index < -0.39 is 5.91 Å². The van der Waals surface area contributed by atoms with E-state index in [1.807, 2.05) is 0 Å². The number of nitrogens with two attached hydrogens (primary N) is 1. The first-order chi connectivity index (χ1) is 11.1. The Morgan fingerprint density at radius 1 is 1.22 bits per heavy atom. The van der Waals surface area contributed by atoms with Crippen LogP contribution >= 0.6 is 0 Å². The standard InChI is InChI=1S/C17H23FN2O3/c18-13-7-9-15(10-8-13)23-11-3-6-17(22)20(12-16(19)21)14-4-1-2-5-14/h7-10,14H,1-6,11-12H2,(H2,19,21). The van der Waals surface area contributed by atoms with Crippen LogP contribution < -0.4 is 10.5 Å². The molecule has 0 heterocycles. The van der Waals surface area contributed by atoms with E-state index in [1.165, 1.54) is 12.1 Å². The summed E-state index contributed by atoms with van der Waals surface area (Å²) >= 11 is 0. The van der Waals surface area contributed by atoms with Crippen LogP contribution in [-0.4, -0.2) is 35.9 Å². The SMILES string of the molecule is NC(=O)CN(C(=O)CCCOc1ccc(F)cc1)C1CCCC1. The summed E-state index contributed by atoms with van der Waals surface area (Å²) in [5.41, 5.74) is 5.25. The summed E-state index contributed by atoms with van der Waals surface area (Å²) in [6, 6.07) is 5.89. The van der Waals surface area contributed by atoms with E-state index in [-0.39, 0.29) is 24.3 Å². The molecule has 2 amide bonds. The monoisotopic (exact) mass is 322 g/mol. The Hall–Kier alpha value is -2.11. The van der Waals surface area contributed by atoms with Gasteiger partial charge in [0.05, 0.1) is 13.2 Å². The Balaban J connectivity index is 1.76. The quantitative estimate of drug-likeness (QED) is 0.746. The summed E-state index contributed by atoms with van der Waals surface area (Å²) in [7, 11) is 0. The molecule has 0 aliphatic heterocycles. The third-order valence-corrected chi connectivity index (χ3v) is 4.03. The zero-order valence-corrected chi connectivity index (χ0v) is 13.2. The third kappa shape index (κ3) is 5.54. The molecule has 126 valence electrons. The fraction of sp³-hybridized carbons (Fsp3) is 0.529. The van der Waals surface area contributed by atoms with Crippen molar-refractivity contribution in [2.75, 3.05) is 13.2 Å². The van der Waals surface area contributed by atoms with Crippen molar-refractivity contribution in [3.8, 4) is 5.75 Å². The number of carbonyl (C=O) groups excluding carboxylic acids is 2. The normalized spacial score (nSPS) is 14.7. The van der Waals surface area contributed by atoms with Gasteiger partial charge >= 0.3 is 0 Å². The van der Waals surface area contributed by atoms with Crippen LogP contribution in [0.1, 0.15) is 38.5 Å². The fourth-order valence-electron chi connectivity index (χ4n) is 2.89. The maximum atomic E-state index is 12.8. The number of benzene rings is 1. The van der Waals surface area contributed by atoms with Crippen LogP contribution in [0.25, 0.3) is 0 Å². The van der Waals surface area contributed by atoms with Gasteiger partial charge in [-0.15, -0.1) is 0 Å². The minimum Gasteiger partial charge on any atom is -0.494 e. The second-order valence-electron chi connectivity index (χ2n) is 5.83. The molecule has 0 saturated heterocycles. The average molecular weight is 322 g/mol. The van der Waals surface area contributed by atoms with Gasteiger partial charge in [0.1, 0.15) is 11.6 Å². The van der Waals surface area contributed by atoms with E-state index in [0.29, 0.717) is 25.2 Å². The first kappa shape index (κ1) is 17.2. The van der Waals surface area contributed by atoms with E-state index in [1.54, 1.807) is 17.0 Å². The Labute approximate surface area is 135 Å². The van der Waals surface area contributed by atoms with Gasteiger partial charge in [-0.25, -0.2) is 4.39 Å². The molecule has 0 radical (unpaired) electrons. The van der Waals surface area contributed by atoms with Gasteiger partial charge in [-0.05, 0) is 43.5 Å². The van der Waals surface area contributed by atoms with Crippen molar-refractivity contribution >= 4 is 11.8 Å². The number of ether oxygens (including phenoxy) is 1. The van der Waals surface area contributed by atoms with Crippen molar-refractivity contribution in [2.24, 2.45) is 5.73 Å². The number of hydrogen-bond donors (Lipinski definition) is 1. The molecule has 23 heavy (non-hydrogen) atoms. The highest BCUT2D eigenvalue weighted by Crippen LogP contribution is 2.24. The summed E-state index contributed by atoms with van der Waals surface area (Å²) in [6.07, 6.45) is 4.89. The van der Waals surface area contributed by atoms with Crippen LogP contribution in [0.4, 0.5) is 4.39 Å². The van der Waals surface area contributed by atoms with Crippen molar-refractivity contribution in [3.05, 3.63) is 30.1 Å². The Morgan fingerprint density at radius 3 is 2.48 bits per heavy atom. The van der Waals surface area contributed by atoms with E-state index in [4.69, 9.17) is 10.5 Å². The van der Waals surface area contributed by atoms with Gasteiger partial charge in [-0.1, -0.05) is 12.8 Å². The van der Waals surface area contributed by atoms with Gasteiger partial charge in [-0.3, -0.25) is 9.59 Å². The second-order valence-corrected chi connectivity index (χ2v) is 5.83. The van der Waals surface area contributed by atoms with Crippen molar-refractivity contribution in [3.63, 3.8) is 0 Å². The molecule has 1 aromatic carbocycles. The van der Waals surface area contributed by atoms with Crippen molar-refractivity contribution < 1.29 is 18.7 Å². The van der Waals surface area contributed by atoms with Gasteiger partial charge in [0, 0.05) is 12.5 Å². The lowest BCUT2D eigenvalue weighted by Crippen LogP contribution is -2.44. The van der Waals surface area contributed by atoms with Gasteiger partial charge in [0.25, 0.3) is 0 Å². The molecule has 2 rings (SSSR count). The zero-order valence-electron chi connectivity index (χ0n) is 13.2. The lowest BCUT2D eigenvalue weighted by atomic mass is 10.1. The number of amides is 2. The topological polar surface area (TPSA) is 72.6 Å². The maximum absolute atomic E-state index is 12.8. The fourth-order valence-corrected chi connectivity index (χ4v) is 2.89. The Bertz CT molecular complexity index is 527.